The molecule has 4 heteroatoms. The Bertz CT molecular complexity index is 172. The first kappa shape index (κ1) is 12.9. The summed E-state index contributed by atoms with van der Waals surface area (Å²) in [6, 6.07) is 0. The Hall–Kier alpha value is 0.934. The molecular formula is C8H11Cl3V. The Balaban J connectivity index is 0.000000261. The summed E-state index contributed by atoms with van der Waals surface area (Å²) in [5, 5.41) is 0. The Morgan fingerprint density at radius 2 is 1.83 bits per heavy atom. The van der Waals surface area contributed by atoms with Crippen LogP contribution in [0.2, 0.25) is 0 Å². The van der Waals surface area contributed by atoms with E-state index >= 15 is 0 Å². The third kappa shape index (κ3) is 6.45. The van der Waals surface area contributed by atoms with E-state index in [2.05, 4.69) is 32.1 Å². The summed E-state index contributed by atoms with van der Waals surface area (Å²) in [6.45, 7) is 4.33. The van der Waals surface area contributed by atoms with Crippen molar-refractivity contribution in [3.05, 3.63) is 29.7 Å². The van der Waals surface area contributed by atoms with Crippen LogP contribution in [0.15, 0.2) is 23.8 Å². The SMILES string of the molecule is CC[C]1C=CC=C1C.[Cl][V]([Cl])[Cl]. The van der Waals surface area contributed by atoms with Gasteiger partial charge in [-0.2, -0.15) is 0 Å². The molecule has 1 rings (SSSR count). The molecule has 0 aromatic carbocycles. The molecule has 0 bridgehead atoms. The molecule has 1 radical (unpaired) electrons. The Morgan fingerprint density at radius 1 is 1.33 bits per heavy atom. The minimum absolute atomic E-state index is 1.17. The van der Waals surface area contributed by atoms with Crippen molar-refractivity contribution in [1.29, 1.82) is 0 Å². The van der Waals surface area contributed by atoms with Gasteiger partial charge in [-0.15, -0.1) is 0 Å². The molecule has 0 aromatic heterocycles. The molecule has 1 aliphatic rings. The van der Waals surface area contributed by atoms with Gasteiger partial charge in [-0.05, 0) is 13.3 Å². The van der Waals surface area contributed by atoms with E-state index in [4.69, 9.17) is 29.5 Å². The van der Waals surface area contributed by atoms with Crippen LogP contribution in [0.3, 0.4) is 0 Å². The molecule has 12 heavy (non-hydrogen) atoms. The van der Waals surface area contributed by atoms with Crippen molar-refractivity contribution in [3.63, 3.8) is 0 Å². The summed E-state index contributed by atoms with van der Waals surface area (Å²) in [5.74, 6) is 1.48. The summed E-state index contributed by atoms with van der Waals surface area (Å²) in [6.07, 6.45) is 7.60. The first-order valence-corrected chi connectivity index (χ1v) is 9.33. The summed E-state index contributed by atoms with van der Waals surface area (Å²) in [5.41, 5.74) is 1.42. The Labute approximate surface area is 91.4 Å². The second-order valence-corrected chi connectivity index (χ2v) is 9.20. The van der Waals surface area contributed by atoms with Crippen molar-refractivity contribution in [2.45, 2.75) is 20.3 Å². The molecule has 0 heterocycles. The van der Waals surface area contributed by atoms with Gasteiger partial charge in [0.15, 0.2) is 0 Å². The fourth-order valence-corrected chi connectivity index (χ4v) is 0.944. The Morgan fingerprint density at radius 3 is 2.00 bits per heavy atom. The number of allylic oxidation sites excluding steroid dienone is 4. The first-order chi connectivity index (χ1) is 5.57. The molecule has 69 valence electrons. The topological polar surface area (TPSA) is 0 Å². The van der Waals surface area contributed by atoms with E-state index in [0.717, 1.165) is 0 Å². The third-order valence-electron chi connectivity index (χ3n) is 1.53. The van der Waals surface area contributed by atoms with E-state index in [1.54, 1.807) is 0 Å². The van der Waals surface area contributed by atoms with Gasteiger partial charge in [0.05, 0.1) is 0 Å². The summed E-state index contributed by atoms with van der Waals surface area (Å²) in [7, 11) is 14.9. The van der Waals surface area contributed by atoms with Crippen molar-refractivity contribution in [2.75, 3.05) is 0 Å². The van der Waals surface area contributed by atoms with Gasteiger partial charge in [0.25, 0.3) is 0 Å². The second kappa shape index (κ2) is 7.35. The van der Waals surface area contributed by atoms with Crippen LogP contribution in [-0.4, -0.2) is 0 Å². The zero-order valence-electron chi connectivity index (χ0n) is 7.02. The standard InChI is InChI=1S/C8H11.3ClH.V/c1-3-8-6-4-5-7(8)2;;;;/h4-6H,3H2,1-2H3;3*1H;/q;;;;+3/p-3. The molecule has 0 aromatic rings. The van der Waals surface area contributed by atoms with Crippen molar-refractivity contribution in [1.82, 2.24) is 0 Å². The van der Waals surface area contributed by atoms with Gasteiger partial charge in [-0.3, -0.25) is 0 Å². The van der Waals surface area contributed by atoms with Gasteiger partial charge in [-0.25, -0.2) is 0 Å². The van der Waals surface area contributed by atoms with Crippen LogP contribution in [0.25, 0.3) is 0 Å². The molecule has 0 nitrogen and oxygen atoms in total. The van der Waals surface area contributed by atoms with Crippen LogP contribution in [0.5, 0.6) is 0 Å². The van der Waals surface area contributed by atoms with Gasteiger partial charge < -0.3 is 0 Å². The molecule has 0 N–H and O–H groups in total. The zero-order chi connectivity index (χ0) is 9.56. The predicted molar refractivity (Wildman–Crippen MR) is 54.0 cm³/mol. The quantitative estimate of drug-likeness (QED) is 0.651. The molecule has 0 saturated heterocycles. The van der Waals surface area contributed by atoms with Crippen LogP contribution in [-0.2, 0) is 12.3 Å². The van der Waals surface area contributed by atoms with Crippen molar-refractivity contribution < 1.29 is 12.3 Å². The van der Waals surface area contributed by atoms with Crippen molar-refractivity contribution in [2.24, 2.45) is 0 Å². The van der Waals surface area contributed by atoms with Gasteiger partial charge >= 0.3 is 41.8 Å². The van der Waals surface area contributed by atoms with Crippen LogP contribution in [0, 0.1) is 5.92 Å². The van der Waals surface area contributed by atoms with Gasteiger partial charge in [0.1, 0.15) is 0 Å². The van der Waals surface area contributed by atoms with E-state index in [1.165, 1.54) is 17.9 Å². The molecule has 0 atom stereocenters. The molecule has 0 unspecified atom stereocenters. The van der Waals surface area contributed by atoms with Gasteiger partial charge in [-0.1, -0.05) is 30.7 Å². The van der Waals surface area contributed by atoms with E-state index in [-0.39, 0.29) is 0 Å². The third-order valence-corrected chi connectivity index (χ3v) is 1.53. The fraction of sp³-hybridized carbons (Fsp3) is 0.375. The van der Waals surface area contributed by atoms with Gasteiger partial charge in [0.2, 0.25) is 0 Å². The van der Waals surface area contributed by atoms with Crippen LogP contribution < -0.4 is 0 Å². The monoisotopic (exact) mass is 263 g/mol. The van der Waals surface area contributed by atoms with E-state index < -0.39 is 12.3 Å². The van der Waals surface area contributed by atoms with Crippen molar-refractivity contribution >= 4 is 29.5 Å². The summed E-state index contributed by atoms with van der Waals surface area (Å²) in [4.78, 5) is 0. The number of rotatable bonds is 1. The minimum atomic E-state index is -1.77. The molecule has 0 spiro atoms. The average Bonchev–Trinajstić information content (AvgIpc) is 2.33. The molecule has 0 saturated carbocycles. The van der Waals surface area contributed by atoms with E-state index in [1.807, 2.05) is 0 Å². The maximum absolute atomic E-state index is 4.95. The normalized spacial score (nSPS) is 16.0. The summed E-state index contributed by atoms with van der Waals surface area (Å²) < 4.78 is 0. The number of hydrogen-bond acceptors (Lipinski definition) is 0. The van der Waals surface area contributed by atoms with E-state index in [0.29, 0.717) is 0 Å². The van der Waals surface area contributed by atoms with E-state index in [9.17, 15) is 0 Å². The fourth-order valence-electron chi connectivity index (χ4n) is 0.944. The van der Waals surface area contributed by atoms with Crippen LogP contribution >= 0.6 is 29.5 Å². The van der Waals surface area contributed by atoms with Gasteiger partial charge in [0, 0.05) is 5.92 Å². The number of halogens is 3. The molecular weight excluding hydrogens is 253 g/mol. The Kier molecular flexibility index (Phi) is 7.92. The zero-order valence-corrected chi connectivity index (χ0v) is 10.7. The predicted octanol–water partition coefficient (Wildman–Crippen LogP) is 4.55. The van der Waals surface area contributed by atoms with Crippen LogP contribution in [0.1, 0.15) is 20.3 Å². The van der Waals surface area contributed by atoms with Crippen molar-refractivity contribution in [3.8, 4) is 0 Å². The molecule has 1 aliphatic carbocycles. The molecule has 0 amide bonds. The first-order valence-electron chi connectivity index (χ1n) is 3.56. The molecule has 0 fully saturated rings. The van der Waals surface area contributed by atoms with Crippen LogP contribution in [0.4, 0.5) is 0 Å². The number of hydrogen-bond donors (Lipinski definition) is 0. The average molecular weight is 264 g/mol. The summed E-state index contributed by atoms with van der Waals surface area (Å²) >= 11 is -1.77. The maximum atomic E-state index is 4.95. The second-order valence-electron chi connectivity index (χ2n) is 2.28. The molecule has 0 aliphatic heterocycles.